The van der Waals surface area contributed by atoms with Gasteiger partial charge in [-0.1, -0.05) is 15.9 Å². The summed E-state index contributed by atoms with van der Waals surface area (Å²) in [5.74, 6) is 1.30. The van der Waals surface area contributed by atoms with Crippen molar-refractivity contribution >= 4 is 21.7 Å². The maximum absolute atomic E-state index is 5.76. The number of hydrogen-bond donors (Lipinski definition) is 1. The zero-order valence-electron chi connectivity index (χ0n) is 8.13. The van der Waals surface area contributed by atoms with Crippen LogP contribution in [0.3, 0.4) is 0 Å². The lowest BCUT2D eigenvalue weighted by Gasteiger charge is -2.16. The minimum Gasteiger partial charge on any atom is -0.383 e. The molecule has 1 aromatic rings. The Morgan fingerprint density at radius 3 is 2.62 bits per heavy atom. The first-order valence-electron chi connectivity index (χ1n) is 4.15. The van der Waals surface area contributed by atoms with Crippen LogP contribution in [0.5, 0.6) is 0 Å². The van der Waals surface area contributed by atoms with Gasteiger partial charge in [0.2, 0.25) is 0 Å². The smallest absolute Gasteiger partial charge is 0.130 e. The Kier molecular flexibility index (Phi) is 2.91. The van der Waals surface area contributed by atoms with Crippen molar-refractivity contribution in [2.75, 3.05) is 5.73 Å². The van der Waals surface area contributed by atoms with Crippen molar-refractivity contribution in [1.82, 2.24) is 9.97 Å². The minimum atomic E-state index is 0.0414. The number of halogens is 1. The highest BCUT2D eigenvalue weighted by Gasteiger charge is 2.15. The van der Waals surface area contributed by atoms with Gasteiger partial charge in [0, 0.05) is 16.1 Å². The Bertz CT molecular complexity index is 304. The molecule has 13 heavy (non-hydrogen) atoms. The van der Waals surface area contributed by atoms with E-state index in [1.165, 1.54) is 0 Å². The standard InChI is InChI=1S/C9H14BrN3/c1-6-12-5-7(8(11)13-6)4-9(2,3)10/h5H,4H2,1-3H3,(H2,11,12,13). The van der Waals surface area contributed by atoms with Crippen LogP contribution in [-0.4, -0.2) is 14.3 Å². The van der Waals surface area contributed by atoms with Crippen molar-refractivity contribution in [2.45, 2.75) is 31.5 Å². The predicted molar refractivity (Wildman–Crippen MR) is 57.9 cm³/mol. The molecule has 0 amide bonds. The molecule has 4 heteroatoms. The van der Waals surface area contributed by atoms with Gasteiger partial charge in [0.05, 0.1) is 0 Å². The van der Waals surface area contributed by atoms with Gasteiger partial charge in [-0.25, -0.2) is 9.97 Å². The molecule has 0 spiro atoms. The van der Waals surface area contributed by atoms with Crippen molar-refractivity contribution in [2.24, 2.45) is 0 Å². The first-order valence-corrected chi connectivity index (χ1v) is 4.95. The predicted octanol–water partition coefficient (Wildman–Crippen LogP) is 2.08. The first kappa shape index (κ1) is 10.4. The third kappa shape index (κ3) is 3.30. The second-order valence-electron chi connectivity index (χ2n) is 3.72. The van der Waals surface area contributed by atoms with Gasteiger partial charge in [-0.3, -0.25) is 0 Å². The summed E-state index contributed by atoms with van der Waals surface area (Å²) < 4.78 is 0.0414. The van der Waals surface area contributed by atoms with E-state index < -0.39 is 0 Å². The van der Waals surface area contributed by atoms with Crippen LogP contribution in [0.15, 0.2) is 6.20 Å². The molecular weight excluding hydrogens is 230 g/mol. The summed E-state index contributed by atoms with van der Waals surface area (Å²) in [7, 11) is 0. The molecule has 1 heterocycles. The molecule has 1 aromatic heterocycles. The van der Waals surface area contributed by atoms with Crippen LogP contribution >= 0.6 is 15.9 Å². The van der Waals surface area contributed by atoms with Crippen LogP contribution in [0, 0.1) is 6.92 Å². The molecule has 72 valence electrons. The third-order valence-corrected chi connectivity index (χ3v) is 1.91. The Hall–Kier alpha value is -0.640. The fraction of sp³-hybridized carbons (Fsp3) is 0.556. The molecule has 0 atom stereocenters. The van der Waals surface area contributed by atoms with Crippen LogP contribution in [0.25, 0.3) is 0 Å². The molecule has 0 unspecified atom stereocenters. The van der Waals surface area contributed by atoms with Crippen LogP contribution in [0.1, 0.15) is 25.2 Å². The lowest BCUT2D eigenvalue weighted by Crippen LogP contribution is -2.15. The number of aryl methyl sites for hydroxylation is 1. The van der Waals surface area contributed by atoms with Crippen molar-refractivity contribution in [3.05, 3.63) is 17.6 Å². The van der Waals surface area contributed by atoms with E-state index in [1.54, 1.807) is 6.20 Å². The molecule has 0 aliphatic heterocycles. The summed E-state index contributed by atoms with van der Waals surface area (Å²) in [4.78, 5) is 8.22. The molecule has 0 saturated carbocycles. The largest absolute Gasteiger partial charge is 0.383 e. The monoisotopic (exact) mass is 243 g/mol. The maximum atomic E-state index is 5.76. The van der Waals surface area contributed by atoms with E-state index in [0.29, 0.717) is 11.6 Å². The van der Waals surface area contributed by atoms with E-state index in [2.05, 4.69) is 39.7 Å². The van der Waals surface area contributed by atoms with Gasteiger partial charge in [0.25, 0.3) is 0 Å². The van der Waals surface area contributed by atoms with E-state index in [1.807, 2.05) is 6.92 Å². The summed E-state index contributed by atoms with van der Waals surface area (Å²) in [6, 6.07) is 0. The zero-order chi connectivity index (χ0) is 10.1. The number of rotatable bonds is 2. The fourth-order valence-electron chi connectivity index (χ4n) is 1.10. The highest BCUT2D eigenvalue weighted by atomic mass is 79.9. The number of nitrogen functional groups attached to an aromatic ring is 1. The molecular formula is C9H14BrN3. The lowest BCUT2D eigenvalue weighted by atomic mass is 10.1. The maximum Gasteiger partial charge on any atom is 0.130 e. The quantitative estimate of drug-likeness (QED) is 0.810. The third-order valence-electron chi connectivity index (χ3n) is 1.63. The summed E-state index contributed by atoms with van der Waals surface area (Å²) in [6.07, 6.45) is 2.62. The molecule has 2 N–H and O–H groups in total. The van der Waals surface area contributed by atoms with E-state index in [-0.39, 0.29) is 4.32 Å². The Morgan fingerprint density at radius 2 is 2.15 bits per heavy atom. The molecule has 0 aliphatic carbocycles. The van der Waals surface area contributed by atoms with Crippen molar-refractivity contribution in [1.29, 1.82) is 0 Å². The number of nitrogens with zero attached hydrogens (tertiary/aromatic N) is 2. The zero-order valence-corrected chi connectivity index (χ0v) is 9.72. The minimum absolute atomic E-state index is 0.0414. The SMILES string of the molecule is Cc1ncc(CC(C)(C)Br)c(N)n1. The molecule has 0 bridgehead atoms. The van der Waals surface area contributed by atoms with Crippen LogP contribution in [-0.2, 0) is 6.42 Å². The molecule has 3 nitrogen and oxygen atoms in total. The van der Waals surface area contributed by atoms with E-state index in [0.717, 1.165) is 12.0 Å². The second-order valence-corrected chi connectivity index (χ2v) is 5.87. The lowest BCUT2D eigenvalue weighted by molar-refractivity contribution is 0.719. The van der Waals surface area contributed by atoms with E-state index in [9.17, 15) is 0 Å². The van der Waals surface area contributed by atoms with Crippen molar-refractivity contribution < 1.29 is 0 Å². The molecule has 0 saturated heterocycles. The number of nitrogens with two attached hydrogens (primary N) is 1. The Morgan fingerprint density at radius 1 is 1.54 bits per heavy atom. The number of anilines is 1. The second kappa shape index (κ2) is 3.62. The number of alkyl halides is 1. The van der Waals surface area contributed by atoms with Gasteiger partial charge in [-0.2, -0.15) is 0 Å². The van der Waals surface area contributed by atoms with Gasteiger partial charge in [-0.05, 0) is 27.2 Å². The highest BCUT2D eigenvalue weighted by Crippen LogP contribution is 2.23. The van der Waals surface area contributed by atoms with Gasteiger partial charge in [0.15, 0.2) is 0 Å². The Balaban J connectivity index is 2.90. The molecule has 0 radical (unpaired) electrons. The highest BCUT2D eigenvalue weighted by molar-refractivity contribution is 9.10. The van der Waals surface area contributed by atoms with Crippen LogP contribution < -0.4 is 5.73 Å². The topological polar surface area (TPSA) is 51.8 Å². The molecule has 0 aromatic carbocycles. The van der Waals surface area contributed by atoms with E-state index >= 15 is 0 Å². The average molecular weight is 244 g/mol. The van der Waals surface area contributed by atoms with Crippen molar-refractivity contribution in [3.8, 4) is 0 Å². The summed E-state index contributed by atoms with van der Waals surface area (Å²) in [6.45, 7) is 6.01. The van der Waals surface area contributed by atoms with Gasteiger partial charge < -0.3 is 5.73 Å². The average Bonchev–Trinajstić information content (AvgIpc) is 1.93. The number of aromatic nitrogens is 2. The molecule has 0 fully saturated rings. The molecule has 0 aliphatic rings. The van der Waals surface area contributed by atoms with Gasteiger partial charge >= 0.3 is 0 Å². The Labute approximate surface area is 86.9 Å². The summed E-state index contributed by atoms with van der Waals surface area (Å²) in [5.41, 5.74) is 6.75. The number of hydrogen-bond acceptors (Lipinski definition) is 3. The summed E-state index contributed by atoms with van der Waals surface area (Å²) in [5, 5.41) is 0. The fourth-order valence-corrected chi connectivity index (χ4v) is 1.40. The van der Waals surface area contributed by atoms with Gasteiger partial charge in [-0.15, -0.1) is 0 Å². The molecule has 1 rings (SSSR count). The first-order chi connectivity index (χ1) is 5.88. The van der Waals surface area contributed by atoms with Crippen LogP contribution in [0.2, 0.25) is 0 Å². The van der Waals surface area contributed by atoms with Crippen LogP contribution in [0.4, 0.5) is 5.82 Å². The van der Waals surface area contributed by atoms with Gasteiger partial charge in [0.1, 0.15) is 11.6 Å². The summed E-state index contributed by atoms with van der Waals surface area (Å²) >= 11 is 3.56. The van der Waals surface area contributed by atoms with E-state index in [4.69, 9.17) is 5.73 Å². The normalized spacial score (nSPS) is 11.7. The van der Waals surface area contributed by atoms with Crippen molar-refractivity contribution in [3.63, 3.8) is 0 Å².